The van der Waals surface area contributed by atoms with Crippen LogP contribution in [0, 0.1) is 0 Å². The zero-order valence-electron chi connectivity index (χ0n) is 9.96. The number of fused-ring (bicyclic) bond motifs is 1. The second kappa shape index (κ2) is 5.10. The van der Waals surface area contributed by atoms with Gasteiger partial charge in [-0.1, -0.05) is 0 Å². The molecule has 0 amide bonds. The second-order valence-electron chi connectivity index (χ2n) is 4.25. The average molecular weight is 313 g/mol. The van der Waals surface area contributed by atoms with Gasteiger partial charge in [-0.2, -0.15) is 0 Å². The van der Waals surface area contributed by atoms with Crippen LogP contribution in [0.3, 0.4) is 0 Å². The van der Waals surface area contributed by atoms with E-state index in [1.54, 1.807) is 6.07 Å². The van der Waals surface area contributed by atoms with Crippen molar-refractivity contribution >= 4 is 27.7 Å². The van der Waals surface area contributed by atoms with Crippen LogP contribution in [-0.4, -0.2) is 24.0 Å². The monoisotopic (exact) mass is 312 g/mol. The molecule has 0 bridgehead atoms. The lowest BCUT2D eigenvalue weighted by molar-refractivity contribution is -0.131. The zero-order valence-corrected chi connectivity index (χ0v) is 11.5. The first-order valence-corrected chi connectivity index (χ1v) is 6.51. The molecule has 1 aliphatic rings. The summed E-state index contributed by atoms with van der Waals surface area (Å²) in [6.07, 6.45) is 3.96. The van der Waals surface area contributed by atoms with Crippen LogP contribution in [0.2, 0.25) is 0 Å². The third-order valence-corrected chi connectivity index (χ3v) is 4.02. The van der Waals surface area contributed by atoms with Crippen molar-refractivity contribution in [2.24, 2.45) is 0 Å². The number of carboxylic acid groups (broad SMARTS) is 1. The Kier molecular flexibility index (Phi) is 3.71. The number of halogens is 1. The van der Waals surface area contributed by atoms with E-state index in [1.165, 1.54) is 7.11 Å². The fourth-order valence-corrected chi connectivity index (χ4v) is 3.15. The summed E-state index contributed by atoms with van der Waals surface area (Å²) in [6.45, 7) is 0. The molecule has 4 nitrogen and oxygen atoms in total. The molecule has 0 saturated heterocycles. The molecule has 96 valence electrons. The van der Waals surface area contributed by atoms with Gasteiger partial charge in [0.1, 0.15) is 5.75 Å². The summed E-state index contributed by atoms with van der Waals surface area (Å²) in [5.41, 5.74) is 2.29. The number of carbonyl (C=O) groups is 2. The van der Waals surface area contributed by atoms with Crippen molar-refractivity contribution in [1.29, 1.82) is 0 Å². The van der Waals surface area contributed by atoms with Gasteiger partial charge in [-0.3, -0.25) is 4.79 Å². The molecule has 0 unspecified atom stereocenters. The topological polar surface area (TPSA) is 63.6 Å². The van der Waals surface area contributed by atoms with Gasteiger partial charge in [0.25, 0.3) is 5.78 Å². The van der Waals surface area contributed by atoms with E-state index in [1.807, 2.05) is 0 Å². The minimum atomic E-state index is -1.46. The maximum Gasteiger partial charge on any atom is 0.377 e. The van der Waals surface area contributed by atoms with E-state index in [0.717, 1.165) is 36.8 Å². The number of ketones is 1. The van der Waals surface area contributed by atoms with Gasteiger partial charge in [0, 0.05) is 0 Å². The molecule has 0 spiro atoms. The van der Waals surface area contributed by atoms with E-state index in [4.69, 9.17) is 9.84 Å². The normalized spacial score (nSPS) is 13.9. The van der Waals surface area contributed by atoms with E-state index in [0.29, 0.717) is 10.2 Å². The summed E-state index contributed by atoms with van der Waals surface area (Å²) in [6, 6.07) is 1.66. The van der Waals surface area contributed by atoms with E-state index >= 15 is 0 Å². The minimum Gasteiger partial charge on any atom is -0.495 e. The van der Waals surface area contributed by atoms with E-state index in [9.17, 15) is 9.59 Å². The summed E-state index contributed by atoms with van der Waals surface area (Å²) in [7, 11) is 1.44. The van der Waals surface area contributed by atoms with Crippen LogP contribution in [0.1, 0.15) is 34.3 Å². The molecule has 5 heteroatoms. The van der Waals surface area contributed by atoms with Gasteiger partial charge >= 0.3 is 5.97 Å². The lowest BCUT2D eigenvalue weighted by atomic mass is 9.89. The molecule has 0 aromatic heterocycles. The number of Topliss-reactive ketones (excluding diaryl/α,β-unsaturated/α-hetero) is 1. The van der Waals surface area contributed by atoms with Gasteiger partial charge in [-0.05, 0) is 58.8 Å². The molecule has 0 fully saturated rings. The number of carboxylic acids is 1. The molecule has 0 atom stereocenters. The Balaban J connectivity index is 2.62. The Morgan fingerprint density at radius 2 is 2.00 bits per heavy atom. The maximum absolute atomic E-state index is 11.7. The second-order valence-corrected chi connectivity index (χ2v) is 5.04. The third-order valence-electron chi connectivity index (χ3n) is 3.18. The molecule has 0 radical (unpaired) electrons. The highest BCUT2D eigenvalue weighted by Gasteiger charge is 2.26. The Bertz CT molecular complexity index is 522. The first-order valence-electron chi connectivity index (χ1n) is 5.72. The predicted octanol–water partition coefficient (Wildman–Crippen LogP) is 2.60. The van der Waals surface area contributed by atoms with Gasteiger partial charge < -0.3 is 9.84 Å². The van der Waals surface area contributed by atoms with Crippen molar-refractivity contribution < 1.29 is 19.4 Å². The fraction of sp³-hybridized carbons (Fsp3) is 0.385. The summed E-state index contributed by atoms with van der Waals surface area (Å²) in [5, 5.41) is 8.83. The summed E-state index contributed by atoms with van der Waals surface area (Å²) in [5.74, 6) is -2.07. The number of carbonyl (C=O) groups excluding carboxylic acids is 1. The number of benzene rings is 1. The van der Waals surface area contributed by atoms with Crippen molar-refractivity contribution in [1.82, 2.24) is 0 Å². The smallest absolute Gasteiger partial charge is 0.377 e. The molecular formula is C13H13BrO4. The largest absolute Gasteiger partial charge is 0.495 e. The number of ether oxygens (including phenoxy) is 1. The van der Waals surface area contributed by atoms with Gasteiger partial charge in [0.05, 0.1) is 17.1 Å². The number of aryl methyl sites for hydroxylation is 1. The predicted molar refractivity (Wildman–Crippen MR) is 69.3 cm³/mol. The van der Waals surface area contributed by atoms with Crippen LogP contribution in [0.25, 0.3) is 0 Å². The molecule has 0 aliphatic heterocycles. The third kappa shape index (κ3) is 2.14. The van der Waals surface area contributed by atoms with Gasteiger partial charge in [-0.15, -0.1) is 0 Å². The number of hydrogen-bond acceptors (Lipinski definition) is 3. The van der Waals surface area contributed by atoms with Gasteiger partial charge in [0.15, 0.2) is 0 Å². The fourth-order valence-electron chi connectivity index (χ4n) is 2.32. The molecule has 18 heavy (non-hydrogen) atoms. The van der Waals surface area contributed by atoms with Crippen molar-refractivity contribution in [3.05, 3.63) is 27.2 Å². The highest BCUT2D eigenvalue weighted by Crippen LogP contribution is 2.38. The van der Waals surface area contributed by atoms with E-state index in [2.05, 4.69) is 15.9 Å². The highest BCUT2D eigenvalue weighted by molar-refractivity contribution is 9.10. The minimum absolute atomic E-state index is 0.123. The van der Waals surface area contributed by atoms with E-state index < -0.39 is 11.8 Å². The summed E-state index contributed by atoms with van der Waals surface area (Å²) in [4.78, 5) is 22.5. The molecule has 0 heterocycles. The molecular weight excluding hydrogens is 300 g/mol. The van der Waals surface area contributed by atoms with Crippen LogP contribution in [0.5, 0.6) is 5.75 Å². The van der Waals surface area contributed by atoms with Crippen LogP contribution in [0.4, 0.5) is 0 Å². The number of hydrogen-bond donors (Lipinski definition) is 1. The van der Waals surface area contributed by atoms with Crippen LogP contribution >= 0.6 is 15.9 Å². The highest BCUT2D eigenvalue weighted by atomic mass is 79.9. The van der Waals surface area contributed by atoms with Gasteiger partial charge in [-0.25, -0.2) is 4.79 Å². The number of methoxy groups -OCH3 is 1. The quantitative estimate of drug-likeness (QED) is 0.688. The lowest BCUT2D eigenvalue weighted by Crippen LogP contribution is -2.16. The maximum atomic E-state index is 11.7. The van der Waals surface area contributed by atoms with Crippen molar-refractivity contribution in [3.8, 4) is 5.75 Å². The zero-order chi connectivity index (χ0) is 13.3. The van der Waals surface area contributed by atoms with Crippen LogP contribution in [0.15, 0.2) is 10.5 Å². The molecule has 1 aliphatic carbocycles. The average Bonchev–Trinajstić information content (AvgIpc) is 2.37. The van der Waals surface area contributed by atoms with E-state index in [-0.39, 0.29) is 5.56 Å². The molecule has 0 saturated carbocycles. The molecule has 1 aromatic rings. The lowest BCUT2D eigenvalue weighted by Gasteiger charge is -2.20. The van der Waals surface area contributed by atoms with Crippen molar-refractivity contribution in [2.75, 3.05) is 7.11 Å². The van der Waals surface area contributed by atoms with Gasteiger partial charge in [0.2, 0.25) is 0 Å². The Labute approximate surface area is 113 Å². The Hall–Kier alpha value is -1.36. The first-order chi connectivity index (χ1) is 8.56. The standard InChI is InChI=1S/C13H13BrO4/c1-18-12-9(11(15)13(16)17)6-7-4-2-3-5-8(7)10(12)14/h6H,2-5H2,1H3,(H,16,17). The van der Waals surface area contributed by atoms with Crippen LogP contribution in [-0.2, 0) is 17.6 Å². The SMILES string of the molecule is COc1c(C(=O)C(=O)O)cc2c(c1Br)CCCC2. The molecule has 1 N–H and O–H groups in total. The summed E-state index contributed by atoms with van der Waals surface area (Å²) >= 11 is 3.43. The first kappa shape index (κ1) is 13.1. The number of aliphatic carboxylic acids is 1. The van der Waals surface area contributed by atoms with Crippen molar-refractivity contribution in [2.45, 2.75) is 25.7 Å². The Morgan fingerprint density at radius 1 is 1.33 bits per heavy atom. The summed E-state index contributed by atoms with van der Waals surface area (Å²) < 4.78 is 5.90. The molecule has 2 rings (SSSR count). The van der Waals surface area contributed by atoms with Crippen molar-refractivity contribution in [3.63, 3.8) is 0 Å². The Morgan fingerprint density at radius 3 is 2.61 bits per heavy atom. The van der Waals surface area contributed by atoms with Crippen LogP contribution < -0.4 is 4.74 Å². The number of rotatable bonds is 3. The molecule has 1 aromatic carbocycles.